The Balaban J connectivity index is 1.40. The van der Waals surface area contributed by atoms with Crippen LogP contribution in [0.5, 0.6) is 0 Å². The first-order valence-corrected chi connectivity index (χ1v) is 35.6. The van der Waals surface area contributed by atoms with Gasteiger partial charge in [-0.25, -0.2) is 8.78 Å². The van der Waals surface area contributed by atoms with E-state index in [9.17, 15) is 64.7 Å². The van der Waals surface area contributed by atoms with Gasteiger partial charge in [-0.15, -0.1) is 11.6 Å². The number of amides is 11. The quantitative estimate of drug-likeness (QED) is 0.147. The molecule has 99 heavy (non-hydrogen) atoms. The molecule has 6 fully saturated rings. The maximum absolute atomic E-state index is 16.0. The first-order chi connectivity index (χ1) is 46.0. The van der Waals surface area contributed by atoms with E-state index in [0.29, 0.717) is 30.6 Å². The van der Waals surface area contributed by atoms with Crippen LogP contribution in [0.1, 0.15) is 176 Å². The molecule has 2 heterocycles. The average Bonchev–Trinajstić information content (AvgIpc) is 1.51. The molecular weight excluding hydrogens is 1330 g/mol. The Morgan fingerprint density at radius 3 is 1.74 bits per heavy atom. The number of fused-ring (bicyclic) bond motifs is 1. The summed E-state index contributed by atoms with van der Waals surface area (Å²) in [5.41, 5.74) is -1.75. The van der Waals surface area contributed by atoms with E-state index in [1.807, 2.05) is 13.8 Å². The van der Waals surface area contributed by atoms with Gasteiger partial charge in [0.2, 0.25) is 65.0 Å². The third-order valence-electron chi connectivity index (χ3n) is 22.1. The number of hydrogen-bond acceptors (Lipinski definition) is 11. The SMILES string of the molecule is CC[C@H](C)[C@@H]1NC(=O)[C@H](CC(C)C)N(C)C(=O)C[C@@H](C)N(C)C(=O)[C@H](C2CCCCC2)N(C)C(=O)C2(CCC2)NC(=O)[C@@H]2CC(F)(F)CN2C(=O)[C@H](CCC2CCC(C(F)(F)F)C(Cl)C2)NC(=O)CN(C)C(=O)[C@H](CC2CCC(C(F)(F)F)CC2)N(C)C(=O)CN(C)C(=O)CN(C)C1=O. The molecule has 0 radical (unpaired) electrons. The Hall–Kier alpha value is -6.10. The number of rotatable bonds is 10. The predicted octanol–water partition coefficient (Wildman–Crippen LogP) is 7.14. The molecule has 0 bridgehead atoms. The fourth-order valence-electron chi connectivity index (χ4n) is 15.2. The maximum Gasteiger partial charge on any atom is 0.393 e. The smallest absolute Gasteiger partial charge is 0.343 e. The number of likely N-dealkylation sites (N-methyl/N-ethyl adjacent to an activating group) is 7. The van der Waals surface area contributed by atoms with Crippen molar-refractivity contribution in [1.82, 2.24) is 55.1 Å². The third kappa shape index (κ3) is 20.8. The summed E-state index contributed by atoms with van der Waals surface area (Å²) in [5.74, 6) is -18.5. The second-order valence-corrected chi connectivity index (χ2v) is 30.5. The molecule has 0 aromatic heterocycles. The summed E-state index contributed by atoms with van der Waals surface area (Å²) in [4.78, 5) is 170. The standard InChI is InChI=1S/C68H106ClF8N11O11/c1-13-40(4)56-62(97)83(8)36-54(91)81(6)37-55(92)86(11)50(33-43-20-24-45(25-21-43)67(72,73)74)61(96)82(7)35-52(89)78-48(27-23-42-22-26-46(47(69)32-42)68(75,76)77)60(95)88-38-66(70,71)34-51(88)59(94)80-65(28-17-29-65)64(99)87(12)57(44-18-15-14-16-19-44)63(98)84(9)41(5)31-53(90)85(10)49(30-39(2)3)58(93)79-56/h39-51,56-57H,13-38H2,1-12H3,(H,78,89)(H,79,93)(H,80,94)/t40-,41+,42?,43?,45?,46?,47?,48-,49-,50-,51-,56-,57-/m0/s1. The van der Waals surface area contributed by atoms with Crippen molar-refractivity contribution in [3.8, 4) is 0 Å². The highest BCUT2D eigenvalue weighted by atomic mass is 35.5. The minimum atomic E-state index is -4.61. The van der Waals surface area contributed by atoms with Crippen molar-refractivity contribution >= 4 is 76.6 Å². The number of hydrogen-bond donors (Lipinski definition) is 3. The maximum atomic E-state index is 16.0. The van der Waals surface area contributed by atoms with Crippen LogP contribution < -0.4 is 16.0 Å². The molecule has 4 saturated carbocycles. The number of nitrogens with zero attached hydrogens (tertiary/aromatic N) is 8. The molecule has 31 heteroatoms. The number of carbonyl (C=O) groups excluding carboxylic acids is 11. The van der Waals surface area contributed by atoms with Crippen molar-refractivity contribution in [3.63, 3.8) is 0 Å². The number of carbonyl (C=O) groups is 11. The predicted molar refractivity (Wildman–Crippen MR) is 350 cm³/mol. The fraction of sp³-hybridized carbons (Fsp3) is 0.838. The molecule has 0 aromatic rings. The molecule has 2 saturated heterocycles. The Morgan fingerprint density at radius 2 is 1.18 bits per heavy atom. The van der Waals surface area contributed by atoms with E-state index in [0.717, 1.165) is 38.9 Å². The van der Waals surface area contributed by atoms with Crippen LogP contribution in [0.2, 0.25) is 0 Å². The van der Waals surface area contributed by atoms with Crippen LogP contribution >= 0.6 is 11.6 Å². The van der Waals surface area contributed by atoms with Gasteiger partial charge in [0.15, 0.2) is 0 Å². The van der Waals surface area contributed by atoms with Gasteiger partial charge in [0.05, 0.1) is 38.0 Å². The molecule has 3 N–H and O–H groups in total. The Morgan fingerprint density at radius 1 is 0.596 bits per heavy atom. The van der Waals surface area contributed by atoms with Crippen molar-refractivity contribution in [2.75, 3.05) is 75.5 Å². The van der Waals surface area contributed by atoms with E-state index < -0.39 is 205 Å². The zero-order valence-corrected chi connectivity index (χ0v) is 60.3. The van der Waals surface area contributed by atoms with E-state index in [4.69, 9.17) is 11.6 Å². The number of alkyl halides is 9. The van der Waals surface area contributed by atoms with Crippen LogP contribution in [-0.2, 0) is 52.7 Å². The molecular formula is C68H106ClF8N11O11. The summed E-state index contributed by atoms with van der Waals surface area (Å²) in [7, 11) is 9.33. The fourth-order valence-corrected chi connectivity index (χ4v) is 15.8. The summed E-state index contributed by atoms with van der Waals surface area (Å²) in [6.07, 6.45) is -8.13. The van der Waals surface area contributed by atoms with Crippen LogP contribution in [-0.4, -0.2) is 251 Å². The van der Waals surface area contributed by atoms with Crippen LogP contribution in [0.25, 0.3) is 0 Å². The van der Waals surface area contributed by atoms with Crippen molar-refractivity contribution in [1.29, 1.82) is 0 Å². The average molecular weight is 1440 g/mol. The number of nitrogens with one attached hydrogen (secondary N) is 3. The first-order valence-electron chi connectivity index (χ1n) is 35.2. The van der Waals surface area contributed by atoms with Gasteiger partial charge in [-0.1, -0.05) is 53.4 Å². The molecule has 3 unspecified atom stereocenters. The van der Waals surface area contributed by atoms with Gasteiger partial charge in [-0.3, -0.25) is 52.7 Å². The third-order valence-corrected chi connectivity index (χ3v) is 22.6. The van der Waals surface area contributed by atoms with Crippen LogP contribution in [0.4, 0.5) is 35.1 Å². The van der Waals surface area contributed by atoms with Crippen molar-refractivity contribution < 1.29 is 87.9 Å². The molecule has 11 atom stereocenters. The normalized spacial score (nSPS) is 31.3. The van der Waals surface area contributed by atoms with Crippen LogP contribution in [0.15, 0.2) is 0 Å². The summed E-state index contributed by atoms with van der Waals surface area (Å²) >= 11 is 6.30. The van der Waals surface area contributed by atoms with Crippen LogP contribution in [0, 0.1) is 41.4 Å². The Labute approximate surface area is 581 Å². The van der Waals surface area contributed by atoms with Gasteiger partial charge >= 0.3 is 12.4 Å². The van der Waals surface area contributed by atoms with E-state index in [-0.39, 0.29) is 95.8 Å². The van der Waals surface area contributed by atoms with E-state index in [1.54, 1.807) is 20.8 Å². The van der Waals surface area contributed by atoms with Crippen molar-refractivity contribution in [2.24, 2.45) is 41.4 Å². The number of halogens is 9. The van der Waals surface area contributed by atoms with Crippen molar-refractivity contribution in [3.05, 3.63) is 0 Å². The van der Waals surface area contributed by atoms with Crippen LogP contribution in [0.3, 0.4) is 0 Å². The molecule has 2 aliphatic heterocycles. The summed E-state index contributed by atoms with van der Waals surface area (Å²) in [6, 6.07) is -9.57. The summed E-state index contributed by atoms with van der Waals surface area (Å²) < 4.78 is 116. The topological polar surface area (TPSA) is 250 Å². The van der Waals surface area contributed by atoms with E-state index >= 15 is 23.2 Å². The van der Waals surface area contributed by atoms with Gasteiger partial charge in [0.1, 0.15) is 41.8 Å². The highest BCUT2D eigenvalue weighted by Gasteiger charge is 2.56. The lowest BCUT2D eigenvalue weighted by molar-refractivity contribution is -0.184. The molecule has 562 valence electrons. The Bertz CT molecular complexity index is 2890. The van der Waals surface area contributed by atoms with Gasteiger partial charge in [0, 0.05) is 73.6 Å². The summed E-state index contributed by atoms with van der Waals surface area (Å²) in [5, 5.41) is 6.71. The lowest BCUT2D eigenvalue weighted by atomic mass is 9.74. The van der Waals surface area contributed by atoms with E-state index in [2.05, 4.69) is 16.0 Å². The second-order valence-electron chi connectivity index (χ2n) is 29.9. The molecule has 11 amide bonds. The first kappa shape index (κ1) is 81.9. The lowest BCUT2D eigenvalue weighted by Gasteiger charge is -2.47. The Kier molecular flexibility index (Phi) is 28.3. The zero-order valence-electron chi connectivity index (χ0n) is 59.5. The summed E-state index contributed by atoms with van der Waals surface area (Å²) in [6.45, 7) is 5.28. The van der Waals surface area contributed by atoms with Gasteiger partial charge < -0.3 is 55.1 Å². The molecule has 1 spiro atoms. The lowest BCUT2D eigenvalue weighted by Crippen LogP contribution is -2.68. The molecule has 22 nitrogen and oxygen atoms in total. The highest BCUT2D eigenvalue weighted by Crippen LogP contribution is 2.45. The highest BCUT2D eigenvalue weighted by molar-refractivity contribution is 6.20. The van der Waals surface area contributed by atoms with E-state index in [1.165, 1.54) is 64.0 Å². The zero-order chi connectivity index (χ0) is 74.1. The minimum absolute atomic E-state index is 0.00174. The molecule has 4 aliphatic carbocycles. The van der Waals surface area contributed by atoms with Crippen molar-refractivity contribution in [2.45, 2.75) is 247 Å². The monoisotopic (exact) mass is 1440 g/mol. The van der Waals surface area contributed by atoms with Gasteiger partial charge in [0.25, 0.3) is 5.92 Å². The molecule has 6 rings (SSSR count). The van der Waals surface area contributed by atoms with Gasteiger partial charge in [-0.05, 0) is 139 Å². The largest absolute Gasteiger partial charge is 0.393 e. The molecule has 0 aromatic carbocycles. The van der Waals surface area contributed by atoms with Gasteiger partial charge in [-0.2, -0.15) is 26.3 Å². The second kappa shape index (κ2) is 34.2. The minimum Gasteiger partial charge on any atom is -0.343 e. The molecule has 6 aliphatic rings.